The molecule has 12 heavy (non-hydrogen) atoms. The lowest BCUT2D eigenvalue weighted by atomic mass is 9.74. The summed E-state index contributed by atoms with van der Waals surface area (Å²) >= 11 is 0. The molecule has 1 aliphatic carbocycles. The van der Waals surface area contributed by atoms with Crippen LogP contribution in [0.4, 0.5) is 0 Å². The quantitative estimate of drug-likeness (QED) is 0.491. The van der Waals surface area contributed by atoms with Crippen molar-refractivity contribution in [3.8, 4) is 0 Å². The summed E-state index contributed by atoms with van der Waals surface area (Å²) in [4.78, 5) is 0. The Bertz CT molecular complexity index is 134. The Morgan fingerprint density at radius 1 is 1.33 bits per heavy atom. The van der Waals surface area contributed by atoms with Crippen LogP contribution in [0.25, 0.3) is 0 Å². The van der Waals surface area contributed by atoms with Crippen LogP contribution in [0, 0.1) is 17.8 Å². The molecule has 0 aromatic carbocycles. The molecule has 0 radical (unpaired) electrons. The average molecular weight is 170 g/mol. The Kier molecular flexibility index (Phi) is 3.53. The van der Waals surface area contributed by atoms with Crippen molar-refractivity contribution in [1.82, 2.24) is 5.43 Å². The van der Waals surface area contributed by atoms with Gasteiger partial charge in [0, 0.05) is 6.04 Å². The lowest BCUT2D eigenvalue weighted by Gasteiger charge is -2.36. The zero-order chi connectivity index (χ0) is 9.14. The first-order chi connectivity index (χ1) is 5.65. The summed E-state index contributed by atoms with van der Waals surface area (Å²) in [6.07, 6.45) is 3.97. The molecule has 0 unspecified atom stereocenters. The molecule has 0 bridgehead atoms. The van der Waals surface area contributed by atoms with Gasteiger partial charge in [0.25, 0.3) is 0 Å². The van der Waals surface area contributed by atoms with Gasteiger partial charge >= 0.3 is 0 Å². The van der Waals surface area contributed by atoms with Crippen molar-refractivity contribution >= 4 is 0 Å². The molecule has 1 saturated carbocycles. The third-order valence-corrected chi connectivity index (χ3v) is 3.24. The van der Waals surface area contributed by atoms with Crippen LogP contribution in [0.2, 0.25) is 0 Å². The van der Waals surface area contributed by atoms with Gasteiger partial charge in [0.15, 0.2) is 0 Å². The van der Waals surface area contributed by atoms with E-state index in [0.29, 0.717) is 6.04 Å². The molecule has 3 N–H and O–H groups in total. The Morgan fingerprint density at radius 2 is 2.00 bits per heavy atom. The number of hydrazine groups is 1. The second kappa shape index (κ2) is 4.24. The summed E-state index contributed by atoms with van der Waals surface area (Å²) in [7, 11) is 0. The lowest BCUT2D eigenvalue weighted by molar-refractivity contribution is 0.171. The van der Waals surface area contributed by atoms with Crippen LogP contribution >= 0.6 is 0 Å². The van der Waals surface area contributed by atoms with E-state index < -0.39 is 0 Å². The van der Waals surface area contributed by atoms with E-state index in [9.17, 15) is 0 Å². The second-order valence-corrected chi connectivity index (χ2v) is 4.60. The summed E-state index contributed by atoms with van der Waals surface area (Å²) in [5, 5.41) is 0. The molecule has 0 aromatic heterocycles. The Morgan fingerprint density at radius 3 is 2.50 bits per heavy atom. The van der Waals surface area contributed by atoms with E-state index in [1.165, 1.54) is 19.3 Å². The van der Waals surface area contributed by atoms with Crippen LogP contribution in [0.15, 0.2) is 0 Å². The van der Waals surface area contributed by atoms with E-state index in [-0.39, 0.29) is 0 Å². The number of hydrogen-bond acceptors (Lipinski definition) is 2. The number of hydrogen-bond donors (Lipinski definition) is 2. The highest BCUT2D eigenvalue weighted by Gasteiger charge is 2.29. The summed E-state index contributed by atoms with van der Waals surface area (Å²) in [6, 6.07) is 0.550. The Hall–Kier alpha value is -0.0800. The van der Waals surface area contributed by atoms with Gasteiger partial charge in [-0.3, -0.25) is 11.3 Å². The van der Waals surface area contributed by atoms with Crippen LogP contribution in [-0.2, 0) is 0 Å². The zero-order valence-corrected chi connectivity index (χ0v) is 8.51. The first kappa shape index (κ1) is 10.0. The highest BCUT2D eigenvalue weighted by Crippen LogP contribution is 2.32. The van der Waals surface area contributed by atoms with Crippen LogP contribution in [-0.4, -0.2) is 6.04 Å². The molecule has 2 nitrogen and oxygen atoms in total. The van der Waals surface area contributed by atoms with Crippen molar-refractivity contribution in [2.45, 2.75) is 46.1 Å². The first-order valence-corrected chi connectivity index (χ1v) is 5.11. The van der Waals surface area contributed by atoms with E-state index in [1.807, 2.05) is 0 Å². The van der Waals surface area contributed by atoms with Crippen LogP contribution in [0.5, 0.6) is 0 Å². The van der Waals surface area contributed by atoms with Gasteiger partial charge in [0.05, 0.1) is 0 Å². The van der Waals surface area contributed by atoms with Crippen LogP contribution in [0.3, 0.4) is 0 Å². The van der Waals surface area contributed by atoms with E-state index >= 15 is 0 Å². The highest BCUT2D eigenvalue weighted by atomic mass is 15.2. The number of nitrogens with two attached hydrogens (primary N) is 1. The van der Waals surface area contributed by atoms with Crippen molar-refractivity contribution in [1.29, 1.82) is 0 Å². The maximum atomic E-state index is 5.54. The van der Waals surface area contributed by atoms with Crippen molar-refractivity contribution < 1.29 is 0 Å². The van der Waals surface area contributed by atoms with Gasteiger partial charge in [-0.25, -0.2) is 0 Å². The molecule has 0 heterocycles. The predicted molar refractivity (Wildman–Crippen MR) is 52.5 cm³/mol. The average Bonchev–Trinajstić information content (AvgIpc) is 2.03. The highest BCUT2D eigenvalue weighted by molar-refractivity contribution is 4.83. The molecule has 1 aliphatic rings. The maximum absolute atomic E-state index is 5.54. The molecule has 0 aromatic rings. The van der Waals surface area contributed by atoms with E-state index in [4.69, 9.17) is 5.84 Å². The van der Waals surface area contributed by atoms with Gasteiger partial charge in [-0.05, 0) is 30.6 Å². The molecule has 72 valence electrons. The first-order valence-electron chi connectivity index (χ1n) is 5.11. The number of rotatable bonds is 2. The van der Waals surface area contributed by atoms with Gasteiger partial charge in [0.1, 0.15) is 0 Å². The fourth-order valence-electron chi connectivity index (χ4n) is 2.39. The minimum absolute atomic E-state index is 0.550. The molecule has 1 rings (SSSR count). The normalized spacial score (nSPS) is 37.2. The summed E-state index contributed by atoms with van der Waals surface area (Å²) in [5.41, 5.74) is 2.97. The fourth-order valence-corrected chi connectivity index (χ4v) is 2.39. The van der Waals surface area contributed by atoms with Crippen LogP contribution in [0.1, 0.15) is 40.0 Å². The van der Waals surface area contributed by atoms with E-state index in [1.54, 1.807) is 0 Å². The molecule has 2 heteroatoms. The fraction of sp³-hybridized carbons (Fsp3) is 1.00. The molecular formula is C10H22N2. The minimum Gasteiger partial charge on any atom is -0.271 e. The predicted octanol–water partition coefficient (Wildman–Crippen LogP) is 1.91. The van der Waals surface area contributed by atoms with Crippen molar-refractivity contribution in [3.63, 3.8) is 0 Å². The molecule has 0 saturated heterocycles. The Balaban J connectivity index is 2.50. The molecular weight excluding hydrogens is 148 g/mol. The lowest BCUT2D eigenvalue weighted by Crippen LogP contribution is -2.46. The standard InChI is InChI=1S/C10H22N2/c1-7(2)9-5-4-8(3)6-10(9)12-11/h7-10,12H,4-6,11H2,1-3H3/t8-,9+,10+/m1/s1. The van der Waals surface area contributed by atoms with Crippen LogP contribution < -0.4 is 11.3 Å². The molecule has 0 aliphatic heterocycles. The summed E-state index contributed by atoms with van der Waals surface area (Å²) in [5.74, 6) is 7.94. The van der Waals surface area contributed by atoms with Gasteiger partial charge in [-0.15, -0.1) is 0 Å². The minimum atomic E-state index is 0.550. The van der Waals surface area contributed by atoms with Gasteiger partial charge < -0.3 is 0 Å². The van der Waals surface area contributed by atoms with Crippen molar-refractivity contribution in [3.05, 3.63) is 0 Å². The van der Waals surface area contributed by atoms with E-state index in [0.717, 1.165) is 17.8 Å². The monoisotopic (exact) mass is 170 g/mol. The molecule has 0 spiro atoms. The maximum Gasteiger partial charge on any atom is 0.0243 e. The summed E-state index contributed by atoms with van der Waals surface area (Å²) < 4.78 is 0. The van der Waals surface area contributed by atoms with Crippen molar-refractivity contribution in [2.24, 2.45) is 23.6 Å². The van der Waals surface area contributed by atoms with Gasteiger partial charge in [-0.2, -0.15) is 0 Å². The SMILES string of the molecule is CC(C)[C@@H]1CC[C@@H](C)C[C@@H]1NN. The number of nitrogens with one attached hydrogen (secondary N) is 1. The molecule has 1 fully saturated rings. The third-order valence-electron chi connectivity index (χ3n) is 3.24. The summed E-state index contributed by atoms with van der Waals surface area (Å²) in [6.45, 7) is 6.91. The van der Waals surface area contributed by atoms with Gasteiger partial charge in [0.2, 0.25) is 0 Å². The second-order valence-electron chi connectivity index (χ2n) is 4.60. The van der Waals surface area contributed by atoms with E-state index in [2.05, 4.69) is 26.2 Å². The topological polar surface area (TPSA) is 38.0 Å². The Labute approximate surface area is 75.9 Å². The smallest absolute Gasteiger partial charge is 0.0243 e. The molecule has 3 atom stereocenters. The van der Waals surface area contributed by atoms with Gasteiger partial charge in [-0.1, -0.05) is 27.2 Å². The van der Waals surface area contributed by atoms with Crippen molar-refractivity contribution in [2.75, 3.05) is 0 Å². The zero-order valence-electron chi connectivity index (χ0n) is 8.51. The largest absolute Gasteiger partial charge is 0.271 e. The third kappa shape index (κ3) is 2.20. The molecule has 0 amide bonds.